The quantitative estimate of drug-likeness (QED) is 0.615. The van der Waals surface area contributed by atoms with Crippen LogP contribution in [0.1, 0.15) is 51.3 Å². The van der Waals surface area contributed by atoms with Crippen molar-refractivity contribution in [2.45, 2.75) is 46.6 Å². The van der Waals surface area contributed by atoms with E-state index in [-0.39, 0.29) is 30.9 Å². The minimum absolute atomic E-state index is 0.0203. The summed E-state index contributed by atoms with van der Waals surface area (Å²) in [6, 6.07) is 8.69. The lowest BCUT2D eigenvalue weighted by Gasteiger charge is -2.23. The summed E-state index contributed by atoms with van der Waals surface area (Å²) in [6.45, 7) is 9.06. The molecule has 5 heteroatoms. The molecular weight excluding hydrogens is 302 g/mol. The fourth-order valence-electron chi connectivity index (χ4n) is 2.62. The van der Waals surface area contributed by atoms with Crippen molar-refractivity contribution in [3.63, 3.8) is 0 Å². The molecule has 2 amide bonds. The Bertz CT molecular complexity index is 512. The molecule has 1 aromatic carbocycles. The van der Waals surface area contributed by atoms with E-state index in [1.54, 1.807) is 0 Å². The summed E-state index contributed by atoms with van der Waals surface area (Å²) in [4.78, 5) is 23.3. The van der Waals surface area contributed by atoms with Gasteiger partial charge < -0.3 is 16.0 Å². The normalized spacial score (nSPS) is 12.0. The molecule has 0 bridgehead atoms. The molecule has 5 nitrogen and oxygen atoms in total. The largest absolute Gasteiger partial charge is 0.355 e. The van der Waals surface area contributed by atoms with Crippen LogP contribution in [0.3, 0.4) is 0 Å². The summed E-state index contributed by atoms with van der Waals surface area (Å²) in [5.41, 5.74) is 2.52. The van der Waals surface area contributed by atoms with Gasteiger partial charge in [-0.2, -0.15) is 0 Å². The van der Waals surface area contributed by atoms with Gasteiger partial charge in [0.25, 0.3) is 0 Å². The molecule has 0 unspecified atom stereocenters. The number of carbonyl (C=O) groups is 2. The fourth-order valence-corrected chi connectivity index (χ4v) is 2.62. The van der Waals surface area contributed by atoms with E-state index in [9.17, 15) is 9.59 Å². The highest BCUT2D eigenvalue weighted by atomic mass is 16.2. The highest BCUT2D eigenvalue weighted by molar-refractivity contribution is 5.85. The smallest absolute Gasteiger partial charge is 0.239 e. The van der Waals surface area contributed by atoms with Crippen LogP contribution in [0.2, 0.25) is 0 Å². The fraction of sp³-hybridized carbons (Fsp3) is 0.579. The van der Waals surface area contributed by atoms with Gasteiger partial charge in [0.05, 0.1) is 13.1 Å². The van der Waals surface area contributed by atoms with Crippen molar-refractivity contribution in [1.29, 1.82) is 0 Å². The van der Waals surface area contributed by atoms with Gasteiger partial charge in [-0.15, -0.1) is 0 Å². The second kappa shape index (κ2) is 10.8. The molecule has 134 valence electrons. The van der Waals surface area contributed by atoms with Crippen molar-refractivity contribution < 1.29 is 9.59 Å². The molecule has 1 rings (SSSR count). The van der Waals surface area contributed by atoms with Gasteiger partial charge in [0, 0.05) is 12.6 Å². The number of rotatable bonds is 10. The van der Waals surface area contributed by atoms with Crippen LogP contribution in [-0.4, -0.2) is 31.4 Å². The number of aryl methyl sites for hydroxylation is 1. The van der Waals surface area contributed by atoms with E-state index in [4.69, 9.17) is 0 Å². The average Bonchev–Trinajstić information content (AvgIpc) is 2.55. The molecule has 0 saturated carbocycles. The molecule has 0 aliphatic heterocycles. The Morgan fingerprint density at radius 3 is 2.12 bits per heavy atom. The summed E-state index contributed by atoms with van der Waals surface area (Å²) < 4.78 is 0. The predicted octanol–water partition coefficient (Wildman–Crippen LogP) is 2.18. The summed E-state index contributed by atoms with van der Waals surface area (Å²) in [5.74, 6) is 0.0190. The first-order chi connectivity index (χ1) is 11.5. The molecule has 0 radical (unpaired) electrons. The lowest BCUT2D eigenvalue weighted by molar-refractivity contribution is -0.125. The van der Waals surface area contributed by atoms with Crippen LogP contribution in [0.25, 0.3) is 0 Å². The Hall–Kier alpha value is -1.88. The second-order valence-corrected chi connectivity index (χ2v) is 6.32. The summed E-state index contributed by atoms with van der Waals surface area (Å²) in [5, 5.41) is 8.58. The lowest BCUT2D eigenvalue weighted by Crippen LogP contribution is -2.42. The van der Waals surface area contributed by atoms with Gasteiger partial charge >= 0.3 is 0 Å². The minimum atomic E-state index is -0.172. The van der Waals surface area contributed by atoms with Crippen molar-refractivity contribution in [3.8, 4) is 0 Å². The second-order valence-electron chi connectivity index (χ2n) is 6.32. The van der Waals surface area contributed by atoms with Gasteiger partial charge in [0.2, 0.25) is 11.8 Å². The average molecular weight is 333 g/mol. The van der Waals surface area contributed by atoms with Crippen molar-refractivity contribution in [3.05, 3.63) is 35.4 Å². The van der Waals surface area contributed by atoms with E-state index in [1.807, 2.05) is 6.92 Å². The maximum absolute atomic E-state index is 11.9. The molecule has 24 heavy (non-hydrogen) atoms. The molecule has 0 aromatic heterocycles. The third kappa shape index (κ3) is 7.13. The Morgan fingerprint density at radius 2 is 1.58 bits per heavy atom. The Kier molecular flexibility index (Phi) is 9.08. The number of hydrogen-bond acceptors (Lipinski definition) is 3. The van der Waals surface area contributed by atoms with Gasteiger partial charge in [-0.1, -0.05) is 51.5 Å². The zero-order valence-electron chi connectivity index (χ0n) is 15.3. The first kappa shape index (κ1) is 20.2. The third-order valence-electron chi connectivity index (χ3n) is 3.85. The van der Waals surface area contributed by atoms with Crippen LogP contribution in [0.4, 0.5) is 0 Å². The first-order valence-electron chi connectivity index (χ1n) is 8.83. The topological polar surface area (TPSA) is 70.2 Å². The van der Waals surface area contributed by atoms with E-state index >= 15 is 0 Å². The molecule has 1 aromatic rings. The Labute approximate surface area is 145 Å². The SMILES string of the molecule is CCCc1ccc([C@H](NCC(=O)NCC(=O)NCC)C(C)C)cc1. The molecule has 1 atom stereocenters. The van der Waals surface area contributed by atoms with Crippen molar-refractivity contribution in [1.82, 2.24) is 16.0 Å². The highest BCUT2D eigenvalue weighted by Gasteiger charge is 2.16. The number of nitrogens with one attached hydrogen (secondary N) is 3. The van der Waals surface area contributed by atoms with Crippen molar-refractivity contribution in [2.24, 2.45) is 5.92 Å². The molecule has 0 saturated heterocycles. The van der Waals surface area contributed by atoms with Crippen LogP contribution in [0.5, 0.6) is 0 Å². The van der Waals surface area contributed by atoms with E-state index < -0.39 is 0 Å². The van der Waals surface area contributed by atoms with Crippen LogP contribution in [-0.2, 0) is 16.0 Å². The van der Waals surface area contributed by atoms with Gasteiger partial charge in [-0.05, 0) is 30.4 Å². The van der Waals surface area contributed by atoms with Gasteiger partial charge in [0.15, 0.2) is 0 Å². The first-order valence-corrected chi connectivity index (χ1v) is 8.83. The molecule has 0 aliphatic rings. The van der Waals surface area contributed by atoms with Crippen molar-refractivity contribution in [2.75, 3.05) is 19.6 Å². The maximum atomic E-state index is 11.9. The van der Waals surface area contributed by atoms with E-state index in [0.717, 1.165) is 12.8 Å². The predicted molar refractivity (Wildman–Crippen MR) is 97.7 cm³/mol. The highest BCUT2D eigenvalue weighted by Crippen LogP contribution is 2.22. The standard InChI is InChI=1S/C19H31N3O2/c1-5-7-15-8-10-16(11-9-15)19(14(3)4)22-13-18(24)21-12-17(23)20-6-2/h8-11,14,19,22H,5-7,12-13H2,1-4H3,(H,20,23)(H,21,24)/t19-/m1/s1. The van der Waals surface area contributed by atoms with E-state index in [1.165, 1.54) is 11.1 Å². The zero-order valence-corrected chi connectivity index (χ0v) is 15.3. The monoisotopic (exact) mass is 333 g/mol. The number of amides is 2. The van der Waals surface area contributed by atoms with Crippen molar-refractivity contribution >= 4 is 11.8 Å². The van der Waals surface area contributed by atoms with Gasteiger partial charge in [-0.25, -0.2) is 0 Å². The summed E-state index contributed by atoms with van der Waals surface area (Å²) in [7, 11) is 0. The van der Waals surface area contributed by atoms with Gasteiger partial charge in [0.1, 0.15) is 0 Å². The third-order valence-corrected chi connectivity index (χ3v) is 3.85. The van der Waals surface area contributed by atoms with E-state index in [0.29, 0.717) is 12.5 Å². The number of likely N-dealkylation sites (N-methyl/N-ethyl adjacent to an activating group) is 1. The van der Waals surface area contributed by atoms with E-state index in [2.05, 4.69) is 61.0 Å². The number of carbonyl (C=O) groups excluding carboxylic acids is 2. The summed E-state index contributed by atoms with van der Waals surface area (Å²) in [6.07, 6.45) is 2.22. The van der Waals surface area contributed by atoms with Crippen LogP contribution >= 0.6 is 0 Å². The van der Waals surface area contributed by atoms with Crippen LogP contribution in [0.15, 0.2) is 24.3 Å². The Balaban J connectivity index is 2.54. The molecule has 0 fully saturated rings. The maximum Gasteiger partial charge on any atom is 0.239 e. The summed E-state index contributed by atoms with van der Waals surface area (Å²) >= 11 is 0. The number of hydrogen-bond donors (Lipinski definition) is 3. The minimum Gasteiger partial charge on any atom is -0.355 e. The van der Waals surface area contributed by atoms with Crippen LogP contribution in [0, 0.1) is 5.92 Å². The molecule has 3 N–H and O–H groups in total. The number of benzene rings is 1. The lowest BCUT2D eigenvalue weighted by atomic mass is 9.94. The zero-order chi connectivity index (χ0) is 17.9. The van der Waals surface area contributed by atoms with Crippen LogP contribution < -0.4 is 16.0 Å². The Morgan fingerprint density at radius 1 is 0.958 bits per heavy atom. The molecule has 0 spiro atoms. The molecule has 0 aliphatic carbocycles. The molecular formula is C19H31N3O2. The molecule has 0 heterocycles. The van der Waals surface area contributed by atoms with Gasteiger partial charge in [-0.3, -0.25) is 9.59 Å².